The first-order valence-corrected chi connectivity index (χ1v) is 13.4. The molecule has 2 aromatic rings. The standard InChI is InChI=1S/C29H39FN2O6/c1-35-26-12-7-23(18-27(26)37-16-5-14-32-13-4-2-3-6-28(32)33)19-31-15-17-36-21-29(34,20-31)22-38-25-10-8-24(30)9-11-25/h7-12,18,34H,2-6,13-17,19-22H2,1H3. The lowest BCUT2D eigenvalue weighted by Crippen LogP contribution is -2.48. The lowest BCUT2D eigenvalue weighted by molar-refractivity contribution is -0.130. The van der Waals surface area contributed by atoms with Crippen molar-refractivity contribution >= 4 is 5.91 Å². The van der Waals surface area contributed by atoms with Gasteiger partial charge in [-0.3, -0.25) is 9.69 Å². The number of aliphatic hydroxyl groups is 1. The number of carbonyl (C=O) groups excluding carboxylic acids is 1. The number of hydrogen-bond donors (Lipinski definition) is 1. The van der Waals surface area contributed by atoms with E-state index in [1.807, 2.05) is 23.1 Å². The fraction of sp³-hybridized carbons (Fsp3) is 0.552. The van der Waals surface area contributed by atoms with Crippen molar-refractivity contribution in [3.05, 3.63) is 53.8 Å². The van der Waals surface area contributed by atoms with Gasteiger partial charge in [-0.25, -0.2) is 4.39 Å². The Bertz CT molecular complexity index is 1040. The molecule has 2 aliphatic heterocycles. The van der Waals surface area contributed by atoms with Crippen molar-refractivity contribution in [1.82, 2.24) is 9.80 Å². The Balaban J connectivity index is 1.32. The number of carbonyl (C=O) groups is 1. The molecule has 2 fully saturated rings. The summed E-state index contributed by atoms with van der Waals surface area (Å²) in [6.45, 7) is 4.31. The average Bonchev–Trinajstić information content (AvgIpc) is 3.23. The minimum absolute atomic E-state index is 0.0334. The van der Waals surface area contributed by atoms with Crippen LogP contribution in [0.4, 0.5) is 4.39 Å². The van der Waals surface area contributed by atoms with Gasteiger partial charge < -0.3 is 29.0 Å². The average molecular weight is 531 g/mol. The van der Waals surface area contributed by atoms with Crippen LogP contribution in [0.25, 0.3) is 0 Å². The van der Waals surface area contributed by atoms with Gasteiger partial charge in [0.2, 0.25) is 5.91 Å². The number of likely N-dealkylation sites (tertiary alicyclic amines) is 1. The van der Waals surface area contributed by atoms with Crippen molar-refractivity contribution in [1.29, 1.82) is 0 Å². The maximum absolute atomic E-state index is 13.2. The quantitative estimate of drug-likeness (QED) is 0.444. The molecular formula is C29H39FN2O6. The van der Waals surface area contributed by atoms with Crippen molar-refractivity contribution in [3.8, 4) is 17.2 Å². The number of halogens is 1. The molecule has 9 heteroatoms. The molecule has 208 valence electrons. The second-order valence-corrected chi connectivity index (χ2v) is 10.1. The topological polar surface area (TPSA) is 80.7 Å². The highest BCUT2D eigenvalue weighted by atomic mass is 19.1. The maximum atomic E-state index is 13.2. The second-order valence-electron chi connectivity index (χ2n) is 10.1. The third-order valence-corrected chi connectivity index (χ3v) is 6.90. The number of ether oxygens (including phenoxy) is 4. The molecule has 2 aromatic carbocycles. The van der Waals surface area contributed by atoms with Gasteiger partial charge in [0.1, 0.15) is 23.8 Å². The highest BCUT2D eigenvalue weighted by molar-refractivity contribution is 5.76. The predicted molar refractivity (Wildman–Crippen MR) is 141 cm³/mol. The van der Waals surface area contributed by atoms with Crippen LogP contribution in [0.3, 0.4) is 0 Å². The normalized spacial score (nSPS) is 21.0. The summed E-state index contributed by atoms with van der Waals surface area (Å²) in [7, 11) is 1.62. The Morgan fingerprint density at radius 1 is 1.05 bits per heavy atom. The van der Waals surface area contributed by atoms with Crippen LogP contribution in [-0.4, -0.2) is 86.1 Å². The molecule has 2 saturated heterocycles. The van der Waals surface area contributed by atoms with Crippen molar-refractivity contribution in [2.24, 2.45) is 0 Å². The van der Waals surface area contributed by atoms with E-state index in [4.69, 9.17) is 18.9 Å². The molecule has 0 saturated carbocycles. The third kappa shape index (κ3) is 8.31. The summed E-state index contributed by atoms with van der Waals surface area (Å²) < 4.78 is 36.2. The van der Waals surface area contributed by atoms with Crippen LogP contribution in [0.1, 0.15) is 37.7 Å². The van der Waals surface area contributed by atoms with Gasteiger partial charge in [0.05, 0.1) is 26.9 Å². The molecule has 2 heterocycles. The monoisotopic (exact) mass is 530 g/mol. The van der Waals surface area contributed by atoms with Crippen LogP contribution >= 0.6 is 0 Å². The molecule has 0 aromatic heterocycles. The minimum Gasteiger partial charge on any atom is -0.493 e. The van der Waals surface area contributed by atoms with Crippen LogP contribution in [-0.2, 0) is 16.1 Å². The zero-order valence-electron chi connectivity index (χ0n) is 22.2. The number of nitrogens with zero attached hydrogens (tertiary/aromatic N) is 2. The SMILES string of the molecule is COc1ccc(CN2CCOCC(O)(COc3ccc(F)cc3)C2)cc1OCCCN1CCCCCC1=O. The molecule has 0 aliphatic carbocycles. The van der Waals surface area contributed by atoms with E-state index >= 15 is 0 Å². The maximum Gasteiger partial charge on any atom is 0.222 e. The van der Waals surface area contributed by atoms with Crippen molar-refractivity contribution < 1.29 is 33.2 Å². The Hall–Kier alpha value is -2.88. The smallest absolute Gasteiger partial charge is 0.222 e. The Morgan fingerprint density at radius 2 is 1.89 bits per heavy atom. The Labute approximate surface area is 224 Å². The van der Waals surface area contributed by atoms with Gasteiger partial charge in [0.15, 0.2) is 11.5 Å². The van der Waals surface area contributed by atoms with Gasteiger partial charge in [0.25, 0.3) is 0 Å². The fourth-order valence-corrected chi connectivity index (χ4v) is 4.87. The first kappa shape index (κ1) is 28.1. The number of amides is 1. The summed E-state index contributed by atoms with van der Waals surface area (Å²) in [5.41, 5.74) is -0.186. The second kappa shape index (κ2) is 13.8. The number of hydrogen-bond acceptors (Lipinski definition) is 7. The summed E-state index contributed by atoms with van der Waals surface area (Å²) >= 11 is 0. The van der Waals surface area contributed by atoms with E-state index in [0.717, 1.165) is 37.8 Å². The van der Waals surface area contributed by atoms with Gasteiger partial charge in [-0.1, -0.05) is 12.5 Å². The van der Waals surface area contributed by atoms with E-state index in [1.165, 1.54) is 12.1 Å². The summed E-state index contributed by atoms with van der Waals surface area (Å²) in [5, 5.41) is 11.2. The van der Waals surface area contributed by atoms with Crippen LogP contribution in [0.5, 0.6) is 17.2 Å². The predicted octanol–water partition coefficient (Wildman–Crippen LogP) is 3.65. The highest BCUT2D eigenvalue weighted by Crippen LogP contribution is 2.29. The zero-order chi connectivity index (χ0) is 26.8. The van der Waals surface area contributed by atoms with Crippen LogP contribution < -0.4 is 14.2 Å². The van der Waals surface area contributed by atoms with Gasteiger partial charge in [-0.2, -0.15) is 0 Å². The summed E-state index contributed by atoms with van der Waals surface area (Å²) in [6, 6.07) is 11.6. The largest absolute Gasteiger partial charge is 0.493 e. The molecule has 38 heavy (non-hydrogen) atoms. The van der Waals surface area contributed by atoms with Crippen molar-refractivity contribution in [2.75, 3.05) is 59.7 Å². The number of β-amino-alcohol motifs (C(OH)–C–C–N with tert-alkyl or cyclic N) is 1. The first-order chi connectivity index (χ1) is 18.4. The number of benzene rings is 2. The van der Waals surface area contributed by atoms with Gasteiger partial charge in [0, 0.05) is 39.1 Å². The van der Waals surface area contributed by atoms with Gasteiger partial charge >= 0.3 is 0 Å². The molecule has 1 amide bonds. The van der Waals surface area contributed by atoms with E-state index in [1.54, 1.807) is 19.2 Å². The highest BCUT2D eigenvalue weighted by Gasteiger charge is 2.33. The minimum atomic E-state index is -1.21. The van der Waals surface area contributed by atoms with E-state index in [0.29, 0.717) is 63.1 Å². The molecule has 1 unspecified atom stereocenters. The molecule has 0 bridgehead atoms. The lowest BCUT2D eigenvalue weighted by Gasteiger charge is -2.30. The molecule has 4 rings (SSSR count). The summed E-state index contributed by atoms with van der Waals surface area (Å²) in [6.07, 6.45) is 4.56. The van der Waals surface area contributed by atoms with E-state index in [-0.39, 0.29) is 24.9 Å². The van der Waals surface area contributed by atoms with Crippen LogP contribution in [0.15, 0.2) is 42.5 Å². The van der Waals surface area contributed by atoms with E-state index in [2.05, 4.69) is 4.90 Å². The number of methoxy groups -OCH3 is 1. The summed E-state index contributed by atoms with van der Waals surface area (Å²) in [5.74, 6) is 1.71. The number of rotatable bonds is 11. The van der Waals surface area contributed by atoms with Crippen LogP contribution in [0.2, 0.25) is 0 Å². The molecule has 1 N–H and O–H groups in total. The van der Waals surface area contributed by atoms with Crippen molar-refractivity contribution in [2.45, 2.75) is 44.2 Å². The van der Waals surface area contributed by atoms with E-state index < -0.39 is 5.60 Å². The molecule has 2 aliphatic rings. The first-order valence-electron chi connectivity index (χ1n) is 13.4. The molecule has 8 nitrogen and oxygen atoms in total. The Kier molecular flexibility index (Phi) is 10.2. The van der Waals surface area contributed by atoms with Crippen LogP contribution in [0, 0.1) is 5.82 Å². The molecule has 1 atom stereocenters. The summed E-state index contributed by atoms with van der Waals surface area (Å²) in [4.78, 5) is 16.3. The lowest BCUT2D eigenvalue weighted by atomic mass is 10.1. The molecule has 0 spiro atoms. The molecule has 0 radical (unpaired) electrons. The van der Waals surface area contributed by atoms with Gasteiger partial charge in [-0.05, 0) is 61.2 Å². The zero-order valence-corrected chi connectivity index (χ0v) is 22.2. The molecular weight excluding hydrogens is 491 g/mol. The van der Waals surface area contributed by atoms with Crippen molar-refractivity contribution in [3.63, 3.8) is 0 Å². The van der Waals surface area contributed by atoms with E-state index in [9.17, 15) is 14.3 Å². The fourth-order valence-electron chi connectivity index (χ4n) is 4.87. The Morgan fingerprint density at radius 3 is 2.71 bits per heavy atom. The van der Waals surface area contributed by atoms with Gasteiger partial charge in [-0.15, -0.1) is 0 Å². The third-order valence-electron chi connectivity index (χ3n) is 6.90.